The summed E-state index contributed by atoms with van der Waals surface area (Å²) in [6, 6.07) is -2.84. The van der Waals surface area contributed by atoms with E-state index in [0.29, 0.717) is 31.7 Å². The van der Waals surface area contributed by atoms with Crippen LogP contribution in [0, 0.1) is 17.3 Å². The number of sulfonamides is 1. The highest BCUT2D eigenvalue weighted by atomic mass is 32.2. The minimum Gasteiger partial charge on any atom is -0.444 e. The van der Waals surface area contributed by atoms with Gasteiger partial charge in [0.05, 0.1) is 11.8 Å². The highest BCUT2D eigenvalue weighted by Crippen LogP contribution is 2.65. The van der Waals surface area contributed by atoms with E-state index < -0.39 is 71.4 Å². The number of ketones is 1. The van der Waals surface area contributed by atoms with E-state index in [4.69, 9.17) is 4.74 Å². The molecule has 0 bridgehead atoms. The second-order valence-corrected chi connectivity index (χ2v) is 24.3. The lowest BCUT2D eigenvalue weighted by Crippen LogP contribution is -2.60. The molecule has 0 unspecified atom stereocenters. The van der Waals surface area contributed by atoms with Gasteiger partial charge < -0.3 is 25.6 Å². The fourth-order valence-corrected chi connectivity index (χ4v) is 11.4. The standard InChI is InChI=1S/C34H59N5O8SSi/c1-10-17-35-30(42)28(40)24-16-14-12-11-13-15-18-38(48(45,46)19-20-49(7,8)9)22-25(37-32(44)47-33(2,3)4)31(43)39-21-23-26(34(23,5)6)27(39)29(41)36-24/h10,23-27H,1,11-22H2,2-9H3,(H,35,42)(H,36,41)(H,37,44)/t23-,24-,25-,26-,27-/m0/s1. The van der Waals surface area contributed by atoms with Gasteiger partial charge in [-0.25, -0.2) is 13.2 Å². The summed E-state index contributed by atoms with van der Waals surface area (Å²) in [7, 11) is -5.53. The normalized spacial score (nSPS) is 27.3. The summed E-state index contributed by atoms with van der Waals surface area (Å²) >= 11 is 0. The Morgan fingerprint density at radius 2 is 1.69 bits per heavy atom. The van der Waals surface area contributed by atoms with Crippen LogP contribution in [0.4, 0.5) is 4.79 Å². The van der Waals surface area contributed by atoms with Crippen LogP contribution in [0.5, 0.6) is 0 Å². The minimum atomic E-state index is -3.80. The number of alkyl carbamates (subject to hydrolysis) is 1. The molecule has 1 aliphatic carbocycles. The van der Waals surface area contributed by atoms with E-state index in [9.17, 15) is 32.4 Å². The van der Waals surface area contributed by atoms with Crippen LogP contribution in [0.25, 0.3) is 0 Å². The minimum absolute atomic E-state index is 0.0157. The molecule has 4 amide bonds. The number of amides is 4. The topological polar surface area (TPSA) is 171 Å². The molecule has 2 saturated heterocycles. The Morgan fingerprint density at radius 3 is 2.31 bits per heavy atom. The smallest absolute Gasteiger partial charge is 0.408 e. The van der Waals surface area contributed by atoms with E-state index in [2.05, 4.69) is 42.2 Å². The molecule has 0 aromatic carbocycles. The van der Waals surface area contributed by atoms with Crippen molar-refractivity contribution in [3.8, 4) is 0 Å². The number of carbonyl (C=O) groups excluding carboxylic acids is 5. The van der Waals surface area contributed by atoms with E-state index >= 15 is 0 Å². The molecule has 15 heteroatoms. The summed E-state index contributed by atoms with van der Waals surface area (Å²) in [6.45, 7) is 19.2. The van der Waals surface area contributed by atoms with Crippen molar-refractivity contribution < 1.29 is 37.1 Å². The van der Waals surface area contributed by atoms with Gasteiger partial charge in [-0.05, 0) is 56.9 Å². The Balaban J connectivity index is 2.02. The maximum absolute atomic E-state index is 14.5. The van der Waals surface area contributed by atoms with Gasteiger partial charge in [-0.2, -0.15) is 4.31 Å². The average molecular weight is 726 g/mol. The second-order valence-electron chi connectivity index (χ2n) is 16.6. The van der Waals surface area contributed by atoms with Crippen molar-refractivity contribution in [1.82, 2.24) is 25.2 Å². The lowest BCUT2D eigenvalue weighted by molar-refractivity contribution is -0.144. The van der Waals surface area contributed by atoms with Gasteiger partial charge in [-0.1, -0.05) is 65.2 Å². The van der Waals surface area contributed by atoms with Gasteiger partial charge in [-0.3, -0.25) is 19.2 Å². The molecule has 278 valence electrons. The van der Waals surface area contributed by atoms with Gasteiger partial charge in [0.15, 0.2) is 0 Å². The largest absolute Gasteiger partial charge is 0.444 e. The summed E-state index contributed by atoms with van der Waals surface area (Å²) in [4.78, 5) is 69.0. The maximum atomic E-state index is 14.5. The SMILES string of the molecule is C=CCNC(=O)C(=O)[C@@H]1CCCCCCCN(S(=O)(=O)CC[Si](C)(C)C)C[C@H](NC(=O)OC(C)(C)C)C(=O)N2C[C@H]3[C@@H]([C@H]2C(=O)N1)C3(C)C. The number of nitrogens with zero attached hydrogens (tertiary/aromatic N) is 2. The third-order valence-electron chi connectivity index (χ3n) is 9.80. The maximum Gasteiger partial charge on any atom is 0.408 e. The van der Waals surface area contributed by atoms with Crippen molar-refractivity contribution >= 4 is 47.7 Å². The Kier molecular flexibility index (Phi) is 13.3. The molecule has 3 N–H and O–H groups in total. The number of carbonyl (C=O) groups is 5. The van der Waals surface area contributed by atoms with Crippen LogP contribution in [-0.2, 0) is 33.9 Å². The summed E-state index contributed by atoms with van der Waals surface area (Å²) < 4.78 is 34.5. The zero-order chi connectivity index (χ0) is 36.9. The number of fused-ring (bicyclic) bond motifs is 3. The summed E-state index contributed by atoms with van der Waals surface area (Å²) in [5.41, 5.74) is -1.14. The number of nitrogens with one attached hydrogen (secondary N) is 3. The van der Waals surface area contributed by atoms with Gasteiger partial charge in [0, 0.05) is 34.3 Å². The van der Waals surface area contributed by atoms with E-state index in [1.165, 1.54) is 15.3 Å². The lowest BCUT2D eigenvalue weighted by atomic mass is 9.98. The molecule has 3 fully saturated rings. The Bertz CT molecular complexity index is 1370. The first-order chi connectivity index (χ1) is 22.6. The van der Waals surface area contributed by atoms with Crippen molar-refractivity contribution in [2.75, 3.05) is 31.9 Å². The Morgan fingerprint density at radius 1 is 1.06 bits per heavy atom. The van der Waals surface area contributed by atoms with Crippen LogP contribution >= 0.6 is 0 Å². The van der Waals surface area contributed by atoms with Crippen LogP contribution in [0.15, 0.2) is 12.7 Å². The van der Waals surface area contributed by atoms with Gasteiger partial charge in [-0.15, -0.1) is 6.58 Å². The molecular weight excluding hydrogens is 667 g/mol. The van der Waals surface area contributed by atoms with Gasteiger partial charge >= 0.3 is 6.09 Å². The number of hydrogen-bond acceptors (Lipinski definition) is 8. The monoisotopic (exact) mass is 725 g/mol. The molecule has 0 spiro atoms. The highest BCUT2D eigenvalue weighted by Gasteiger charge is 2.69. The van der Waals surface area contributed by atoms with Gasteiger partial charge in [0.1, 0.15) is 17.7 Å². The zero-order valence-electron chi connectivity index (χ0n) is 30.7. The van der Waals surface area contributed by atoms with Gasteiger partial charge in [0.25, 0.3) is 5.91 Å². The van der Waals surface area contributed by atoms with E-state index in [0.717, 1.165) is 6.42 Å². The predicted octanol–water partition coefficient (Wildman–Crippen LogP) is 3.04. The zero-order valence-corrected chi connectivity index (χ0v) is 32.5. The van der Waals surface area contributed by atoms with Crippen molar-refractivity contribution in [2.45, 2.75) is 123 Å². The average Bonchev–Trinajstić information content (AvgIpc) is 3.29. The molecule has 3 aliphatic rings. The molecule has 0 aromatic rings. The quantitative estimate of drug-likeness (QED) is 0.185. The molecule has 3 rings (SSSR count). The molecule has 13 nitrogen and oxygen atoms in total. The first kappa shape index (κ1) is 40.6. The number of rotatable bonds is 9. The first-order valence-electron chi connectivity index (χ1n) is 17.6. The number of piperidine rings is 1. The number of ether oxygens (including phenoxy) is 1. The summed E-state index contributed by atoms with van der Waals surface area (Å²) in [5, 5.41) is 7.95. The molecule has 1 saturated carbocycles. The third kappa shape index (κ3) is 11.1. The van der Waals surface area contributed by atoms with Crippen LogP contribution in [-0.4, -0.2) is 111 Å². The lowest BCUT2D eigenvalue weighted by Gasteiger charge is -2.35. The Labute approximate surface area is 293 Å². The van der Waals surface area contributed by atoms with Gasteiger partial charge in [0.2, 0.25) is 27.6 Å². The van der Waals surface area contributed by atoms with E-state index in [-0.39, 0.29) is 55.6 Å². The molecule has 0 radical (unpaired) electrons. The fourth-order valence-electron chi connectivity index (χ4n) is 6.86. The highest BCUT2D eigenvalue weighted by molar-refractivity contribution is 7.89. The van der Waals surface area contributed by atoms with E-state index in [1.807, 2.05) is 13.8 Å². The van der Waals surface area contributed by atoms with Crippen LogP contribution in [0.2, 0.25) is 25.7 Å². The molecule has 2 aliphatic heterocycles. The first-order valence-corrected chi connectivity index (χ1v) is 22.9. The van der Waals surface area contributed by atoms with Crippen LogP contribution in [0.1, 0.15) is 73.1 Å². The number of hydrogen-bond donors (Lipinski definition) is 3. The van der Waals surface area contributed by atoms with Crippen LogP contribution < -0.4 is 16.0 Å². The van der Waals surface area contributed by atoms with Crippen molar-refractivity contribution in [1.29, 1.82) is 0 Å². The number of Topliss-reactive ketones (excluding diaryl/α,β-unsaturated/α-hetero) is 1. The molecule has 2 heterocycles. The third-order valence-corrected chi connectivity index (χ3v) is 13.8. The molecule has 0 aromatic heterocycles. The summed E-state index contributed by atoms with van der Waals surface area (Å²) in [6.07, 6.45) is 4.07. The predicted molar refractivity (Wildman–Crippen MR) is 191 cm³/mol. The molecule has 49 heavy (non-hydrogen) atoms. The van der Waals surface area contributed by atoms with Crippen molar-refractivity contribution in [3.63, 3.8) is 0 Å². The van der Waals surface area contributed by atoms with Crippen LogP contribution in [0.3, 0.4) is 0 Å². The summed E-state index contributed by atoms with van der Waals surface area (Å²) in [5.74, 6) is -3.03. The molecule has 5 atom stereocenters. The second kappa shape index (κ2) is 16.0. The Hall–Kier alpha value is -2.78. The molecular formula is C34H59N5O8SSi. The van der Waals surface area contributed by atoms with Crippen molar-refractivity contribution in [3.05, 3.63) is 12.7 Å². The van der Waals surface area contributed by atoms with Crippen molar-refractivity contribution in [2.24, 2.45) is 17.3 Å². The fraction of sp³-hybridized carbons (Fsp3) is 0.794. The van der Waals surface area contributed by atoms with E-state index in [1.54, 1.807) is 20.8 Å².